The number of hydrogen-bond donors (Lipinski definition) is 2. The highest BCUT2D eigenvalue weighted by atomic mass is 32.1. The second-order valence-corrected chi connectivity index (χ2v) is 3.42. The van der Waals surface area contributed by atoms with E-state index < -0.39 is 0 Å². The normalized spacial score (nSPS) is 10.2. The van der Waals surface area contributed by atoms with E-state index in [0.717, 1.165) is 11.3 Å². The van der Waals surface area contributed by atoms with Crippen LogP contribution in [0.5, 0.6) is 0 Å². The fourth-order valence-corrected chi connectivity index (χ4v) is 1.42. The lowest BCUT2D eigenvalue weighted by Crippen LogP contribution is -2.00. The van der Waals surface area contributed by atoms with Gasteiger partial charge in [0.25, 0.3) is 0 Å². The smallest absolute Gasteiger partial charge is 0.224 e. The van der Waals surface area contributed by atoms with Crippen LogP contribution in [0.2, 0.25) is 0 Å². The predicted octanol–water partition coefficient (Wildman–Crippen LogP) is 1.49. The summed E-state index contributed by atoms with van der Waals surface area (Å²) in [4.78, 5) is 14.8. The Labute approximate surface area is 91.4 Å². The summed E-state index contributed by atoms with van der Waals surface area (Å²) in [5.74, 6) is 0.873. The van der Waals surface area contributed by atoms with Crippen LogP contribution >= 0.6 is 12.2 Å². The minimum atomic E-state index is 0.232. The second kappa shape index (κ2) is 3.74. The monoisotopic (exact) mass is 219 g/mol. The van der Waals surface area contributed by atoms with Crippen LogP contribution in [0.15, 0.2) is 18.3 Å². The van der Waals surface area contributed by atoms with Gasteiger partial charge in [-0.2, -0.15) is 4.98 Å². The molecule has 0 aliphatic heterocycles. The van der Waals surface area contributed by atoms with Gasteiger partial charge in [0.1, 0.15) is 5.82 Å². The van der Waals surface area contributed by atoms with Gasteiger partial charge in [-0.15, -0.1) is 0 Å². The molecule has 2 aromatic heterocycles. The highest BCUT2D eigenvalue weighted by molar-refractivity contribution is 7.71. The highest BCUT2D eigenvalue weighted by Crippen LogP contribution is 2.14. The van der Waals surface area contributed by atoms with Crippen molar-refractivity contribution in [2.45, 2.75) is 6.92 Å². The van der Waals surface area contributed by atoms with Gasteiger partial charge in [-0.05, 0) is 31.3 Å². The fraction of sp³-hybridized carbons (Fsp3) is 0.111. The average Bonchev–Trinajstić information content (AvgIpc) is 2.16. The Bertz CT molecular complexity index is 548. The molecule has 0 bridgehead atoms. The molecule has 2 aromatic rings. The molecule has 0 atom stereocenters. The SMILES string of the molecule is Cc1cc(-c2nc(=S)nc(N)[nH]2)ccn1. The number of nitrogens with one attached hydrogen (secondary N) is 1. The number of aromatic nitrogens is 4. The average molecular weight is 219 g/mol. The third kappa shape index (κ3) is 2.16. The van der Waals surface area contributed by atoms with Crippen molar-refractivity contribution < 1.29 is 0 Å². The van der Waals surface area contributed by atoms with Gasteiger partial charge in [0.2, 0.25) is 10.7 Å². The summed E-state index contributed by atoms with van der Waals surface area (Å²) in [6.07, 6.45) is 1.71. The van der Waals surface area contributed by atoms with E-state index in [0.29, 0.717) is 5.82 Å². The number of anilines is 1. The highest BCUT2D eigenvalue weighted by Gasteiger charge is 2.01. The van der Waals surface area contributed by atoms with Crippen LogP contribution in [-0.4, -0.2) is 19.9 Å². The standard InChI is InChI=1S/C9H9N5S/c1-5-4-6(2-3-11-5)7-12-8(10)14-9(15)13-7/h2-4H,1H3,(H3,10,12,13,14,15). The topological polar surface area (TPSA) is 80.5 Å². The third-order valence-corrected chi connectivity index (χ3v) is 2.02. The zero-order valence-electron chi connectivity index (χ0n) is 8.06. The van der Waals surface area contributed by atoms with Crippen molar-refractivity contribution in [3.05, 3.63) is 28.8 Å². The van der Waals surface area contributed by atoms with E-state index in [9.17, 15) is 0 Å². The maximum Gasteiger partial charge on any atom is 0.224 e. The van der Waals surface area contributed by atoms with E-state index in [-0.39, 0.29) is 10.7 Å². The van der Waals surface area contributed by atoms with Crippen LogP contribution < -0.4 is 5.73 Å². The zero-order valence-corrected chi connectivity index (χ0v) is 8.88. The Morgan fingerprint density at radius 3 is 2.87 bits per heavy atom. The van der Waals surface area contributed by atoms with Crippen molar-refractivity contribution in [1.82, 2.24) is 19.9 Å². The van der Waals surface area contributed by atoms with Gasteiger partial charge < -0.3 is 10.7 Å². The van der Waals surface area contributed by atoms with Crippen molar-refractivity contribution in [2.24, 2.45) is 0 Å². The molecule has 0 aromatic carbocycles. The molecule has 6 heteroatoms. The Morgan fingerprint density at radius 2 is 2.20 bits per heavy atom. The number of nitrogen functional groups attached to an aromatic ring is 1. The molecular weight excluding hydrogens is 210 g/mol. The molecule has 3 N–H and O–H groups in total. The summed E-state index contributed by atoms with van der Waals surface area (Å²) < 4.78 is 0.232. The number of aromatic amines is 1. The molecule has 2 heterocycles. The first-order chi connectivity index (χ1) is 7.15. The molecule has 0 aliphatic carbocycles. The summed E-state index contributed by atoms with van der Waals surface area (Å²) in [6, 6.07) is 3.73. The maximum atomic E-state index is 5.55. The second-order valence-electron chi connectivity index (χ2n) is 3.05. The fourth-order valence-electron chi connectivity index (χ4n) is 1.23. The summed E-state index contributed by atoms with van der Waals surface area (Å²) in [5.41, 5.74) is 7.34. The Hall–Kier alpha value is -1.82. The van der Waals surface area contributed by atoms with Gasteiger partial charge in [0.15, 0.2) is 0 Å². The van der Waals surface area contributed by atoms with E-state index in [4.69, 9.17) is 18.0 Å². The van der Waals surface area contributed by atoms with Gasteiger partial charge in [0, 0.05) is 17.5 Å². The first-order valence-corrected chi connectivity index (χ1v) is 4.73. The number of H-pyrrole nitrogens is 1. The molecule has 0 unspecified atom stereocenters. The van der Waals surface area contributed by atoms with Gasteiger partial charge in [-0.25, -0.2) is 4.98 Å². The first-order valence-electron chi connectivity index (χ1n) is 4.32. The van der Waals surface area contributed by atoms with Crippen LogP contribution in [0.25, 0.3) is 11.4 Å². The number of pyridine rings is 1. The number of nitrogens with zero attached hydrogens (tertiary/aromatic N) is 3. The first kappa shape index (κ1) is 9.72. The van der Waals surface area contributed by atoms with Crippen LogP contribution in [0, 0.1) is 11.7 Å². The summed E-state index contributed by atoms with van der Waals surface area (Å²) in [6.45, 7) is 1.91. The number of rotatable bonds is 1. The van der Waals surface area contributed by atoms with E-state index in [1.807, 2.05) is 19.1 Å². The summed E-state index contributed by atoms with van der Waals surface area (Å²) in [7, 11) is 0. The number of aryl methyl sites for hydroxylation is 1. The van der Waals surface area contributed by atoms with E-state index in [1.165, 1.54) is 0 Å². The third-order valence-electron chi connectivity index (χ3n) is 1.84. The largest absolute Gasteiger partial charge is 0.369 e. The van der Waals surface area contributed by atoms with E-state index >= 15 is 0 Å². The van der Waals surface area contributed by atoms with Crippen molar-refractivity contribution in [3.8, 4) is 11.4 Å². The van der Waals surface area contributed by atoms with Gasteiger partial charge in [0.05, 0.1) is 0 Å². The Kier molecular flexibility index (Phi) is 2.42. The van der Waals surface area contributed by atoms with Crippen LogP contribution in [-0.2, 0) is 0 Å². The number of nitrogens with two attached hydrogens (primary N) is 1. The molecule has 0 fully saturated rings. The maximum absolute atomic E-state index is 5.55. The predicted molar refractivity (Wildman–Crippen MR) is 59.6 cm³/mol. The molecule has 0 saturated heterocycles. The molecule has 76 valence electrons. The quantitative estimate of drug-likeness (QED) is 0.710. The van der Waals surface area contributed by atoms with E-state index in [1.54, 1.807) is 6.20 Å². The van der Waals surface area contributed by atoms with Gasteiger partial charge in [-0.1, -0.05) is 0 Å². The molecule has 15 heavy (non-hydrogen) atoms. The Morgan fingerprint density at radius 1 is 1.40 bits per heavy atom. The van der Waals surface area contributed by atoms with Crippen molar-refractivity contribution in [2.75, 3.05) is 5.73 Å². The minimum absolute atomic E-state index is 0.232. The number of hydrogen-bond acceptors (Lipinski definition) is 5. The van der Waals surface area contributed by atoms with Crippen LogP contribution in [0.1, 0.15) is 5.69 Å². The molecule has 2 rings (SSSR count). The molecule has 0 aliphatic rings. The van der Waals surface area contributed by atoms with Crippen LogP contribution in [0.4, 0.5) is 5.95 Å². The zero-order chi connectivity index (χ0) is 10.8. The molecular formula is C9H9N5S. The molecule has 0 saturated carbocycles. The van der Waals surface area contributed by atoms with Crippen molar-refractivity contribution in [1.29, 1.82) is 0 Å². The minimum Gasteiger partial charge on any atom is -0.369 e. The van der Waals surface area contributed by atoms with Gasteiger partial charge >= 0.3 is 0 Å². The summed E-state index contributed by atoms with van der Waals surface area (Å²) in [5, 5.41) is 0. The van der Waals surface area contributed by atoms with Gasteiger partial charge in [-0.3, -0.25) is 4.98 Å². The molecule has 0 spiro atoms. The van der Waals surface area contributed by atoms with E-state index in [2.05, 4.69) is 19.9 Å². The Balaban J connectivity index is 2.59. The molecule has 0 amide bonds. The summed E-state index contributed by atoms with van der Waals surface area (Å²) >= 11 is 4.88. The van der Waals surface area contributed by atoms with Crippen LogP contribution in [0.3, 0.4) is 0 Å². The lowest BCUT2D eigenvalue weighted by molar-refractivity contribution is 1.04. The lowest BCUT2D eigenvalue weighted by atomic mass is 10.2. The lowest BCUT2D eigenvalue weighted by Gasteiger charge is -2.02. The van der Waals surface area contributed by atoms with Crippen molar-refractivity contribution >= 4 is 18.2 Å². The molecule has 5 nitrogen and oxygen atoms in total. The molecule has 0 radical (unpaired) electrons. The van der Waals surface area contributed by atoms with Crippen molar-refractivity contribution in [3.63, 3.8) is 0 Å².